The van der Waals surface area contributed by atoms with Crippen molar-refractivity contribution >= 4 is 28.6 Å². The summed E-state index contributed by atoms with van der Waals surface area (Å²) in [6.07, 6.45) is 2.78. The van der Waals surface area contributed by atoms with Crippen molar-refractivity contribution in [2.45, 2.75) is 38.3 Å². The average Bonchev–Trinajstić information content (AvgIpc) is 3.05. The molecular formula is C15H17ClN2O3. The summed E-state index contributed by atoms with van der Waals surface area (Å²) in [5.41, 5.74) is 1.79. The van der Waals surface area contributed by atoms with Crippen LogP contribution >= 0.6 is 11.6 Å². The summed E-state index contributed by atoms with van der Waals surface area (Å²) in [5.74, 6) is -0.0334. The number of imidazole rings is 1. The maximum absolute atomic E-state index is 10.8. The summed E-state index contributed by atoms with van der Waals surface area (Å²) >= 11 is 6.01. The van der Waals surface area contributed by atoms with Crippen molar-refractivity contribution in [3.63, 3.8) is 0 Å². The molecule has 1 fully saturated rings. The van der Waals surface area contributed by atoms with Crippen molar-refractivity contribution < 1.29 is 14.6 Å². The van der Waals surface area contributed by atoms with Gasteiger partial charge in [0, 0.05) is 18.1 Å². The number of carbonyl (C=O) groups is 1. The lowest BCUT2D eigenvalue weighted by Crippen LogP contribution is -2.17. The fraction of sp³-hybridized carbons (Fsp3) is 0.467. The number of nitrogens with zero attached hydrogens (tertiary/aromatic N) is 2. The SMILES string of the molecule is O=C(O)CCc1nc2cc(Cl)ccc2n1CC1CCCO1. The molecule has 1 unspecified atom stereocenters. The van der Waals surface area contributed by atoms with Crippen LogP contribution in [0.3, 0.4) is 0 Å². The van der Waals surface area contributed by atoms with Gasteiger partial charge >= 0.3 is 5.97 Å². The minimum Gasteiger partial charge on any atom is -0.481 e. The van der Waals surface area contributed by atoms with Gasteiger partial charge in [0.15, 0.2) is 0 Å². The number of aliphatic carboxylic acids is 1. The van der Waals surface area contributed by atoms with Crippen LogP contribution in [0.4, 0.5) is 0 Å². The highest BCUT2D eigenvalue weighted by molar-refractivity contribution is 6.31. The zero-order valence-corrected chi connectivity index (χ0v) is 12.3. The molecule has 1 aliphatic heterocycles. The normalized spacial score (nSPS) is 18.4. The molecule has 3 rings (SSSR count). The van der Waals surface area contributed by atoms with Crippen LogP contribution in [-0.2, 0) is 22.5 Å². The Kier molecular flexibility index (Phi) is 4.12. The first kappa shape index (κ1) is 14.4. The third-order valence-electron chi connectivity index (χ3n) is 3.76. The van der Waals surface area contributed by atoms with E-state index in [0.717, 1.165) is 36.3 Å². The van der Waals surface area contributed by atoms with Crippen LogP contribution in [0.25, 0.3) is 11.0 Å². The van der Waals surface area contributed by atoms with Gasteiger partial charge in [-0.1, -0.05) is 11.6 Å². The number of aromatic nitrogens is 2. The second-order valence-electron chi connectivity index (χ2n) is 5.30. The number of carboxylic acids is 1. The Morgan fingerprint density at radius 1 is 1.52 bits per heavy atom. The lowest BCUT2D eigenvalue weighted by Gasteiger charge is -2.14. The van der Waals surface area contributed by atoms with E-state index in [9.17, 15) is 4.79 Å². The Morgan fingerprint density at radius 3 is 3.10 bits per heavy atom. The van der Waals surface area contributed by atoms with Crippen molar-refractivity contribution in [1.82, 2.24) is 9.55 Å². The van der Waals surface area contributed by atoms with Gasteiger partial charge in [0.2, 0.25) is 0 Å². The van der Waals surface area contributed by atoms with E-state index in [-0.39, 0.29) is 12.5 Å². The van der Waals surface area contributed by atoms with E-state index in [1.54, 1.807) is 0 Å². The molecule has 21 heavy (non-hydrogen) atoms. The average molecular weight is 309 g/mol. The fourth-order valence-electron chi connectivity index (χ4n) is 2.76. The monoisotopic (exact) mass is 308 g/mol. The fourth-order valence-corrected chi connectivity index (χ4v) is 2.92. The molecule has 1 aromatic carbocycles. The van der Waals surface area contributed by atoms with Crippen LogP contribution < -0.4 is 0 Å². The highest BCUT2D eigenvalue weighted by Crippen LogP contribution is 2.24. The van der Waals surface area contributed by atoms with Gasteiger partial charge in [-0.2, -0.15) is 0 Å². The van der Waals surface area contributed by atoms with Crippen LogP contribution in [0.5, 0.6) is 0 Å². The zero-order valence-electron chi connectivity index (χ0n) is 11.6. The Bertz CT molecular complexity index is 662. The molecule has 1 saturated heterocycles. The molecule has 2 aromatic rings. The van der Waals surface area contributed by atoms with E-state index in [0.29, 0.717) is 18.0 Å². The molecular weight excluding hydrogens is 292 g/mol. The van der Waals surface area contributed by atoms with Crippen LogP contribution in [0.15, 0.2) is 18.2 Å². The predicted octanol–water partition coefficient (Wildman–Crippen LogP) is 2.89. The van der Waals surface area contributed by atoms with Crippen molar-refractivity contribution in [2.24, 2.45) is 0 Å². The second kappa shape index (κ2) is 6.03. The molecule has 112 valence electrons. The number of ether oxygens (including phenoxy) is 1. The third kappa shape index (κ3) is 3.19. The van der Waals surface area contributed by atoms with Gasteiger partial charge in [0.25, 0.3) is 0 Å². The van der Waals surface area contributed by atoms with E-state index < -0.39 is 5.97 Å². The van der Waals surface area contributed by atoms with Gasteiger partial charge in [0.05, 0.1) is 30.1 Å². The number of aryl methyl sites for hydroxylation is 1. The third-order valence-corrected chi connectivity index (χ3v) is 4.00. The number of hydrogen-bond donors (Lipinski definition) is 1. The lowest BCUT2D eigenvalue weighted by molar-refractivity contribution is -0.137. The van der Waals surface area contributed by atoms with Crippen LogP contribution in [0, 0.1) is 0 Å². The number of halogens is 1. The molecule has 0 amide bonds. The minimum atomic E-state index is -0.816. The maximum atomic E-state index is 10.8. The van der Waals surface area contributed by atoms with E-state index >= 15 is 0 Å². The summed E-state index contributed by atoms with van der Waals surface area (Å²) in [5, 5.41) is 9.52. The standard InChI is InChI=1S/C15H17ClN2O3/c16-10-3-4-13-12(8-10)17-14(5-6-15(19)20)18(13)9-11-2-1-7-21-11/h3-4,8,11H,1-2,5-7,9H2,(H,19,20). The number of rotatable bonds is 5. The lowest BCUT2D eigenvalue weighted by atomic mass is 10.2. The summed E-state index contributed by atoms with van der Waals surface area (Å²) < 4.78 is 7.76. The molecule has 6 heteroatoms. The maximum Gasteiger partial charge on any atom is 0.303 e. The molecule has 0 radical (unpaired) electrons. The van der Waals surface area contributed by atoms with Crippen molar-refractivity contribution in [2.75, 3.05) is 6.61 Å². The van der Waals surface area contributed by atoms with Gasteiger partial charge in [0.1, 0.15) is 5.82 Å². The second-order valence-corrected chi connectivity index (χ2v) is 5.74. The molecule has 1 N–H and O–H groups in total. The van der Waals surface area contributed by atoms with E-state index in [2.05, 4.69) is 9.55 Å². The molecule has 2 heterocycles. The van der Waals surface area contributed by atoms with Gasteiger partial charge in [-0.05, 0) is 31.0 Å². The van der Waals surface area contributed by atoms with Crippen molar-refractivity contribution in [3.05, 3.63) is 29.0 Å². The van der Waals surface area contributed by atoms with E-state index in [1.165, 1.54) is 0 Å². The summed E-state index contributed by atoms with van der Waals surface area (Å²) in [4.78, 5) is 15.4. The first-order valence-electron chi connectivity index (χ1n) is 7.11. The quantitative estimate of drug-likeness (QED) is 0.922. The first-order chi connectivity index (χ1) is 10.1. The summed E-state index contributed by atoms with van der Waals surface area (Å²) in [7, 11) is 0. The van der Waals surface area contributed by atoms with Crippen LogP contribution in [-0.4, -0.2) is 33.3 Å². The molecule has 0 saturated carbocycles. The predicted molar refractivity (Wildman–Crippen MR) is 79.7 cm³/mol. The van der Waals surface area contributed by atoms with E-state index in [1.807, 2.05) is 18.2 Å². The van der Waals surface area contributed by atoms with Crippen LogP contribution in [0.1, 0.15) is 25.1 Å². The molecule has 1 atom stereocenters. The number of fused-ring (bicyclic) bond motifs is 1. The topological polar surface area (TPSA) is 64.3 Å². The smallest absolute Gasteiger partial charge is 0.303 e. The number of hydrogen-bond acceptors (Lipinski definition) is 3. The van der Waals surface area contributed by atoms with Crippen molar-refractivity contribution in [1.29, 1.82) is 0 Å². The van der Waals surface area contributed by atoms with Gasteiger partial charge in [-0.15, -0.1) is 0 Å². The first-order valence-corrected chi connectivity index (χ1v) is 7.49. The van der Waals surface area contributed by atoms with Crippen LogP contribution in [0.2, 0.25) is 5.02 Å². The minimum absolute atomic E-state index is 0.0720. The molecule has 0 bridgehead atoms. The Hall–Kier alpha value is -1.59. The molecule has 0 spiro atoms. The van der Waals surface area contributed by atoms with Gasteiger partial charge in [-0.3, -0.25) is 4.79 Å². The summed E-state index contributed by atoms with van der Waals surface area (Å²) in [6.45, 7) is 1.51. The highest BCUT2D eigenvalue weighted by atomic mass is 35.5. The molecule has 1 aliphatic rings. The Morgan fingerprint density at radius 2 is 2.38 bits per heavy atom. The Balaban J connectivity index is 1.95. The number of carboxylic acid groups (broad SMARTS) is 1. The number of benzene rings is 1. The Labute approximate surface area is 127 Å². The highest BCUT2D eigenvalue weighted by Gasteiger charge is 2.20. The largest absolute Gasteiger partial charge is 0.481 e. The van der Waals surface area contributed by atoms with E-state index in [4.69, 9.17) is 21.4 Å². The molecule has 1 aromatic heterocycles. The summed E-state index contributed by atoms with van der Waals surface area (Å²) in [6, 6.07) is 5.58. The van der Waals surface area contributed by atoms with Gasteiger partial charge < -0.3 is 14.4 Å². The van der Waals surface area contributed by atoms with Gasteiger partial charge in [-0.25, -0.2) is 4.98 Å². The van der Waals surface area contributed by atoms with Crippen molar-refractivity contribution in [3.8, 4) is 0 Å². The molecule has 5 nitrogen and oxygen atoms in total. The zero-order chi connectivity index (χ0) is 14.8. The molecule has 0 aliphatic carbocycles.